The van der Waals surface area contributed by atoms with E-state index < -0.39 is 16.4 Å². The van der Waals surface area contributed by atoms with Crippen molar-refractivity contribution in [1.82, 2.24) is 10.6 Å². The molecule has 0 saturated heterocycles. The molecule has 1 aromatic carbocycles. The largest absolute Gasteiger partial charge is 0.355 e. The highest BCUT2D eigenvalue weighted by molar-refractivity contribution is 5.77. The lowest BCUT2D eigenvalue weighted by molar-refractivity contribution is -0.387. The predicted molar refractivity (Wildman–Crippen MR) is 63.4 cm³/mol. The van der Waals surface area contributed by atoms with Crippen LogP contribution in [0.4, 0.5) is 10.1 Å². The summed E-state index contributed by atoms with van der Waals surface area (Å²) in [6.45, 7) is 2.74. The highest BCUT2D eigenvalue weighted by Gasteiger charge is 2.13. The molecule has 1 aromatic rings. The number of carbonyl (C=O) groups excluding carboxylic acids is 1. The van der Waals surface area contributed by atoms with Crippen LogP contribution < -0.4 is 10.6 Å². The fourth-order valence-electron chi connectivity index (χ4n) is 1.39. The van der Waals surface area contributed by atoms with E-state index in [0.717, 1.165) is 12.1 Å². The van der Waals surface area contributed by atoms with Gasteiger partial charge in [0, 0.05) is 19.2 Å². The molecule has 0 aliphatic heterocycles. The Kier molecular flexibility index (Phi) is 5.19. The zero-order valence-electron chi connectivity index (χ0n) is 9.90. The maximum Gasteiger partial charge on any atom is 0.304 e. The van der Waals surface area contributed by atoms with Crippen molar-refractivity contribution in [2.75, 3.05) is 13.1 Å². The Hall–Kier alpha value is -2.02. The van der Waals surface area contributed by atoms with Gasteiger partial charge in [0.25, 0.3) is 0 Å². The second kappa shape index (κ2) is 6.65. The van der Waals surface area contributed by atoms with Gasteiger partial charge in [0.15, 0.2) is 0 Å². The number of nitrogens with one attached hydrogen (secondary N) is 2. The number of rotatable bonds is 6. The van der Waals surface area contributed by atoms with Crippen LogP contribution in [0.1, 0.15) is 12.5 Å². The van der Waals surface area contributed by atoms with Crippen LogP contribution in [0.15, 0.2) is 18.2 Å². The summed E-state index contributed by atoms with van der Waals surface area (Å²) < 4.78 is 13.3. The molecular weight excluding hydrogens is 241 g/mol. The van der Waals surface area contributed by atoms with Gasteiger partial charge in [-0.2, -0.15) is 4.39 Å². The van der Waals surface area contributed by atoms with E-state index in [4.69, 9.17) is 0 Å². The molecule has 18 heavy (non-hydrogen) atoms. The first-order valence-corrected chi connectivity index (χ1v) is 5.44. The molecule has 0 saturated carbocycles. The van der Waals surface area contributed by atoms with E-state index in [1.165, 1.54) is 6.07 Å². The molecule has 0 heterocycles. The third-order valence-electron chi connectivity index (χ3n) is 2.20. The summed E-state index contributed by atoms with van der Waals surface area (Å²) in [7, 11) is 0. The van der Waals surface area contributed by atoms with Crippen LogP contribution in [-0.4, -0.2) is 23.9 Å². The molecule has 0 aromatic heterocycles. The Bertz CT molecular complexity index is 451. The van der Waals surface area contributed by atoms with Crippen molar-refractivity contribution in [3.8, 4) is 0 Å². The molecule has 0 fully saturated rings. The van der Waals surface area contributed by atoms with Crippen LogP contribution in [-0.2, 0) is 11.3 Å². The Morgan fingerprint density at radius 2 is 2.22 bits per heavy atom. The fraction of sp³-hybridized carbons (Fsp3) is 0.364. The van der Waals surface area contributed by atoms with Gasteiger partial charge in [0.1, 0.15) is 0 Å². The average Bonchev–Trinajstić information content (AvgIpc) is 2.29. The van der Waals surface area contributed by atoms with E-state index in [2.05, 4.69) is 10.6 Å². The van der Waals surface area contributed by atoms with Gasteiger partial charge >= 0.3 is 5.69 Å². The molecule has 2 N–H and O–H groups in total. The molecule has 1 amide bonds. The van der Waals surface area contributed by atoms with Crippen molar-refractivity contribution >= 4 is 11.6 Å². The van der Waals surface area contributed by atoms with Gasteiger partial charge in [-0.05, 0) is 18.6 Å². The third kappa shape index (κ3) is 4.10. The first-order chi connectivity index (χ1) is 8.54. The SMILES string of the molecule is CCNC(=O)CNCc1ccc([N+](=O)[O-])c(F)c1. The van der Waals surface area contributed by atoms with E-state index in [0.29, 0.717) is 12.1 Å². The van der Waals surface area contributed by atoms with Crippen LogP contribution >= 0.6 is 0 Å². The zero-order valence-corrected chi connectivity index (χ0v) is 9.90. The number of likely N-dealkylation sites (N-methyl/N-ethyl adjacent to an activating group) is 1. The van der Waals surface area contributed by atoms with Crippen LogP contribution in [0, 0.1) is 15.9 Å². The van der Waals surface area contributed by atoms with Crippen LogP contribution in [0.25, 0.3) is 0 Å². The predicted octanol–water partition coefficient (Wildman–Crippen LogP) is 0.960. The number of hydrogen-bond acceptors (Lipinski definition) is 4. The summed E-state index contributed by atoms with van der Waals surface area (Å²) in [5.74, 6) is -1.03. The highest BCUT2D eigenvalue weighted by Crippen LogP contribution is 2.17. The van der Waals surface area contributed by atoms with Gasteiger partial charge in [-0.25, -0.2) is 0 Å². The minimum absolute atomic E-state index is 0.118. The maximum absolute atomic E-state index is 13.3. The van der Waals surface area contributed by atoms with Crippen molar-refractivity contribution in [2.24, 2.45) is 0 Å². The zero-order chi connectivity index (χ0) is 13.5. The van der Waals surface area contributed by atoms with Crippen LogP contribution in [0.3, 0.4) is 0 Å². The lowest BCUT2D eigenvalue weighted by Gasteiger charge is -2.05. The van der Waals surface area contributed by atoms with Gasteiger partial charge in [-0.15, -0.1) is 0 Å². The van der Waals surface area contributed by atoms with Crippen LogP contribution in [0.5, 0.6) is 0 Å². The molecule has 0 unspecified atom stereocenters. The van der Waals surface area contributed by atoms with Crippen molar-refractivity contribution in [3.05, 3.63) is 39.7 Å². The first kappa shape index (κ1) is 14.0. The second-order valence-electron chi connectivity index (χ2n) is 3.60. The molecule has 0 aliphatic rings. The number of benzene rings is 1. The van der Waals surface area contributed by atoms with Gasteiger partial charge in [-0.3, -0.25) is 14.9 Å². The molecule has 7 heteroatoms. The third-order valence-corrected chi connectivity index (χ3v) is 2.20. The van der Waals surface area contributed by atoms with Crippen molar-refractivity contribution in [1.29, 1.82) is 0 Å². The minimum atomic E-state index is -0.877. The molecule has 0 radical (unpaired) electrons. The second-order valence-corrected chi connectivity index (χ2v) is 3.60. The Morgan fingerprint density at radius 1 is 1.50 bits per heavy atom. The lowest BCUT2D eigenvalue weighted by Crippen LogP contribution is -2.33. The number of nitrogens with zero attached hydrogens (tertiary/aromatic N) is 1. The van der Waals surface area contributed by atoms with E-state index in [9.17, 15) is 19.3 Å². The molecular formula is C11H14FN3O3. The van der Waals surface area contributed by atoms with E-state index in [-0.39, 0.29) is 19.0 Å². The summed E-state index contributed by atoms with van der Waals surface area (Å²) in [6.07, 6.45) is 0. The van der Waals surface area contributed by atoms with Crippen molar-refractivity contribution < 1.29 is 14.1 Å². The van der Waals surface area contributed by atoms with E-state index >= 15 is 0 Å². The summed E-state index contributed by atoms with van der Waals surface area (Å²) >= 11 is 0. The number of amides is 1. The number of halogens is 1. The van der Waals surface area contributed by atoms with Crippen molar-refractivity contribution in [2.45, 2.75) is 13.5 Å². The molecule has 98 valence electrons. The smallest absolute Gasteiger partial charge is 0.304 e. The summed E-state index contributed by atoms with van der Waals surface area (Å²) in [4.78, 5) is 20.7. The average molecular weight is 255 g/mol. The Morgan fingerprint density at radius 3 is 2.78 bits per heavy atom. The van der Waals surface area contributed by atoms with E-state index in [1.807, 2.05) is 6.92 Å². The monoisotopic (exact) mass is 255 g/mol. The Balaban J connectivity index is 2.51. The van der Waals surface area contributed by atoms with Gasteiger partial charge in [0.2, 0.25) is 11.7 Å². The number of nitro benzene ring substituents is 1. The normalized spacial score (nSPS) is 10.1. The number of hydrogen-bond donors (Lipinski definition) is 2. The topological polar surface area (TPSA) is 84.3 Å². The van der Waals surface area contributed by atoms with Gasteiger partial charge in [0.05, 0.1) is 11.5 Å². The molecule has 1 rings (SSSR count). The highest BCUT2D eigenvalue weighted by atomic mass is 19.1. The molecule has 0 aliphatic carbocycles. The number of carbonyl (C=O) groups is 1. The molecule has 0 spiro atoms. The standard InChI is InChI=1S/C11H14FN3O3/c1-2-14-11(16)7-13-6-8-3-4-10(15(17)18)9(12)5-8/h3-5,13H,2,6-7H2,1H3,(H,14,16). The lowest BCUT2D eigenvalue weighted by atomic mass is 10.2. The summed E-state index contributed by atoms with van der Waals surface area (Å²) in [5.41, 5.74) is -0.00938. The molecule has 6 nitrogen and oxygen atoms in total. The molecule has 0 atom stereocenters. The van der Waals surface area contributed by atoms with Crippen LogP contribution in [0.2, 0.25) is 0 Å². The first-order valence-electron chi connectivity index (χ1n) is 5.44. The Labute approximate surface area is 103 Å². The number of nitro groups is 1. The maximum atomic E-state index is 13.3. The summed E-state index contributed by atoms with van der Waals surface area (Å²) in [6, 6.07) is 3.65. The van der Waals surface area contributed by atoms with E-state index in [1.54, 1.807) is 0 Å². The quantitative estimate of drug-likeness (QED) is 0.585. The molecule has 0 bridgehead atoms. The summed E-state index contributed by atoms with van der Waals surface area (Å²) in [5, 5.41) is 15.8. The van der Waals surface area contributed by atoms with Crippen molar-refractivity contribution in [3.63, 3.8) is 0 Å². The van der Waals surface area contributed by atoms with Gasteiger partial charge in [-0.1, -0.05) is 6.07 Å². The minimum Gasteiger partial charge on any atom is -0.355 e. The fourth-order valence-corrected chi connectivity index (χ4v) is 1.39. The van der Waals surface area contributed by atoms with Gasteiger partial charge < -0.3 is 10.6 Å².